The lowest BCUT2D eigenvalue weighted by Crippen LogP contribution is -2.35. The number of nitrogens with two attached hydrogens (primary N) is 1. The second-order valence-electron chi connectivity index (χ2n) is 4.91. The first-order valence-electron chi connectivity index (χ1n) is 6.19. The minimum Gasteiger partial charge on any atom is -0.396 e. The Morgan fingerprint density at radius 3 is 2.69 bits per heavy atom. The van der Waals surface area contributed by atoms with E-state index in [2.05, 4.69) is 14.9 Å². The fourth-order valence-electron chi connectivity index (χ4n) is 3.13. The van der Waals surface area contributed by atoms with E-state index < -0.39 is 0 Å². The zero-order valence-corrected chi connectivity index (χ0v) is 9.47. The molecule has 2 N–H and O–H groups in total. The first-order valence-corrected chi connectivity index (χ1v) is 6.19. The van der Waals surface area contributed by atoms with Crippen LogP contribution in [-0.2, 0) is 0 Å². The van der Waals surface area contributed by atoms with Crippen LogP contribution < -0.4 is 10.6 Å². The van der Waals surface area contributed by atoms with Gasteiger partial charge in [-0.25, -0.2) is 9.97 Å². The normalized spacial score (nSPS) is 29.1. The molecule has 1 saturated carbocycles. The van der Waals surface area contributed by atoms with E-state index in [1.54, 1.807) is 12.4 Å². The van der Waals surface area contributed by atoms with Gasteiger partial charge in [0.1, 0.15) is 0 Å². The van der Waals surface area contributed by atoms with Crippen LogP contribution in [0.3, 0.4) is 0 Å². The topological polar surface area (TPSA) is 55.0 Å². The van der Waals surface area contributed by atoms with E-state index in [0.29, 0.717) is 11.7 Å². The summed E-state index contributed by atoms with van der Waals surface area (Å²) < 4.78 is 0. The molecule has 0 amide bonds. The largest absolute Gasteiger partial charge is 0.396 e. The zero-order valence-electron chi connectivity index (χ0n) is 9.47. The fraction of sp³-hybridized carbons (Fsp3) is 0.667. The van der Waals surface area contributed by atoms with Gasteiger partial charge in [0.15, 0.2) is 0 Å². The Kier molecular flexibility index (Phi) is 2.42. The van der Waals surface area contributed by atoms with Gasteiger partial charge in [0.05, 0.1) is 18.1 Å². The third kappa shape index (κ3) is 1.62. The van der Waals surface area contributed by atoms with E-state index in [0.717, 1.165) is 18.4 Å². The molecule has 1 saturated heterocycles. The highest BCUT2D eigenvalue weighted by Crippen LogP contribution is 2.37. The summed E-state index contributed by atoms with van der Waals surface area (Å²) in [5, 5.41) is 0. The second kappa shape index (κ2) is 3.92. The van der Waals surface area contributed by atoms with Crippen molar-refractivity contribution in [2.75, 3.05) is 17.2 Å². The summed E-state index contributed by atoms with van der Waals surface area (Å²) in [5.74, 6) is 1.73. The maximum Gasteiger partial charge on any atom is 0.225 e. The molecule has 2 heterocycles. The highest BCUT2D eigenvalue weighted by molar-refractivity contribution is 5.40. The number of nitrogen functional groups attached to an aromatic ring is 1. The first-order chi connectivity index (χ1) is 7.84. The van der Waals surface area contributed by atoms with E-state index in [1.165, 1.54) is 32.1 Å². The minimum absolute atomic E-state index is 0.642. The van der Waals surface area contributed by atoms with Gasteiger partial charge in [-0.1, -0.05) is 12.8 Å². The average molecular weight is 218 g/mol. The molecule has 2 fully saturated rings. The third-order valence-electron chi connectivity index (χ3n) is 3.93. The lowest BCUT2D eigenvalue weighted by atomic mass is 9.85. The lowest BCUT2D eigenvalue weighted by Gasteiger charge is -2.31. The SMILES string of the molecule is Nc1cnc(N2CCC3CCCCC32)nc1. The Morgan fingerprint density at radius 1 is 1.12 bits per heavy atom. The van der Waals surface area contributed by atoms with Crippen molar-refractivity contribution in [2.45, 2.75) is 38.1 Å². The molecule has 4 nitrogen and oxygen atoms in total. The molecule has 1 aromatic heterocycles. The van der Waals surface area contributed by atoms with Gasteiger partial charge in [0, 0.05) is 12.6 Å². The molecule has 16 heavy (non-hydrogen) atoms. The van der Waals surface area contributed by atoms with Crippen LogP contribution in [0.2, 0.25) is 0 Å². The van der Waals surface area contributed by atoms with E-state index >= 15 is 0 Å². The molecule has 4 heteroatoms. The summed E-state index contributed by atoms with van der Waals surface area (Å²) in [6, 6.07) is 0.678. The molecular formula is C12H18N4. The summed E-state index contributed by atoms with van der Waals surface area (Å²) in [6.07, 6.45) is 10.2. The van der Waals surface area contributed by atoms with Crippen molar-refractivity contribution in [3.8, 4) is 0 Å². The molecule has 2 atom stereocenters. The Bertz CT molecular complexity index is 362. The molecule has 0 aromatic carbocycles. The van der Waals surface area contributed by atoms with Gasteiger partial charge in [-0.2, -0.15) is 0 Å². The highest BCUT2D eigenvalue weighted by Gasteiger charge is 2.36. The fourth-order valence-corrected chi connectivity index (χ4v) is 3.13. The summed E-state index contributed by atoms with van der Waals surface area (Å²) in [7, 11) is 0. The predicted molar refractivity (Wildman–Crippen MR) is 64.2 cm³/mol. The van der Waals surface area contributed by atoms with Gasteiger partial charge < -0.3 is 10.6 Å². The van der Waals surface area contributed by atoms with E-state index in [9.17, 15) is 0 Å². The number of hydrogen-bond acceptors (Lipinski definition) is 4. The molecule has 2 aliphatic rings. The lowest BCUT2D eigenvalue weighted by molar-refractivity contribution is 0.341. The summed E-state index contributed by atoms with van der Waals surface area (Å²) in [6.45, 7) is 1.11. The summed E-state index contributed by atoms with van der Waals surface area (Å²) in [5.41, 5.74) is 6.26. The molecule has 0 bridgehead atoms. The van der Waals surface area contributed by atoms with E-state index in [1.807, 2.05) is 0 Å². The monoisotopic (exact) mass is 218 g/mol. The van der Waals surface area contributed by atoms with Gasteiger partial charge in [-0.15, -0.1) is 0 Å². The Morgan fingerprint density at radius 2 is 1.88 bits per heavy atom. The van der Waals surface area contributed by atoms with Crippen LogP contribution in [0.5, 0.6) is 0 Å². The van der Waals surface area contributed by atoms with Crippen LogP contribution in [0.1, 0.15) is 32.1 Å². The van der Waals surface area contributed by atoms with Gasteiger partial charge in [-0.3, -0.25) is 0 Å². The molecule has 0 spiro atoms. The number of nitrogens with zero attached hydrogens (tertiary/aromatic N) is 3. The van der Waals surface area contributed by atoms with Crippen LogP contribution in [0, 0.1) is 5.92 Å². The molecule has 1 aliphatic heterocycles. The molecule has 0 radical (unpaired) electrons. The molecular weight excluding hydrogens is 200 g/mol. The number of rotatable bonds is 1. The zero-order chi connectivity index (χ0) is 11.0. The minimum atomic E-state index is 0.642. The van der Waals surface area contributed by atoms with Crippen molar-refractivity contribution in [1.82, 2.24) is 9.97 Å². The maximum atomic E-state index is 5.61. The predicted octanol–water partition coefficient (Wildman–Crippen LogP) is 1.83. The standard InChI is InChI=1S/C12H18N4/c13-10-7-14-12(15-8-10)16-6-5-9-3-1-2-4-11(9)16/h7-9,11H,1-6,13H2. The molecule has 2 unspecified atom stereocenters. The molecule has 86 valence electrons. The number of anilines is 2. The summed E-state index contributed by atoms with van der Waals surface area (Å²) in [4.78, 5) is 11.1. The first kappa shape index (κ1) is 9.87. The Labute approximate surface area is 95.9 Å². The van der Waals surface area contributed by atoms with E-state index in [4.69, 9.17) is 5.73 Å². The second-order valence-corrected chi connectivity index (χ2v) is 4.91. The number of aromatic nitrogens is 2. The Balaban J connectivity index is 1.82. The van der Waals surface area contributed by atoms with Crippen molar-refractivity contribution >= 4 is 11.6 Å². The van der Waals surface area contributed by atoms with Gasteiger partial charge in [0.2, 0.25) is 5.95 Å². The van der Waals surface area contributed by atoms with Crippen molar-refractivity contribution in [3.63, 3.8) is 0 Å². The van der Waals surface area contributed by atoms with Crippen molar-refractivity contribution in [2.24, 2.45) is 5.92 Å². The van der Waals surface area contributed by atoms with Crippen LogP contribution in [0.15, 0.2) is 12.4 Å². The van der Waals surface area contributed by atoms with Crippen LogP contribution >= 0.6 is 0 Å². The average Bonchev–Trinajstić information content (AvgIpc) is 2.74. The number of fused-ring (bicyclic) bond motifs is 1. The smallest absolute Gasteiger partial charge is 0.225 e. The third-order valence-corrected chi connectivity index (χ3v) is 3.93. The van der Waals surface area contributed by atoms with Gasteiger partial charge in [-0.05, 0) is 25.2 Å². The highest BCUT2D eigenvalue weighted by atomic mass is 15.3. The van der Waals surface area contributed by atoms with Crippen molar-refractivity contribution in [1.29, 1.82) is 0 Å². The maximum absolute atomic E-state index is 5.61. The molecule has 3 rings (SSSR count). The van der Waals surface area contributed by atoms with Crippen LogP contribution in [0.4, 0.5) is 11.6 Å². The van der Waals surface area contributed by atoms with Gasteiger partial charge >= 0.3 is 0 Å². The van der Waals surface area contributed by atoms with Crippen molar-refractivity contribution < 1.29 is 0 Å². The van der Waals surface area contributed by atoms with Crippen molar-refractivity contribution in [3.05, 3.63) is 12.4 Å². The van der Waals surface area contributed by atoms with Crippen LogP contribution in [-0.4, -0.2) is 22.6 Å². The molecule has 1 aromatic rings. The molecule has 1 aliphatic carbocycles. The van der Waals surface area contributed by atoms with E-state index in [-0.39, 0.29) is 0 Å². The van der Waals surface area contributed by atoms with Crippen LogP contribution in [0.25, 0.3) is 0 Å². The Hall–Kier alpha value is -1.32. The van der Waals surface area contributed by atoms with Gasteiger partial charge in [0.25, 0.3) is 0 Å². The number of hydrogen-bond donors (Lipinski definition) is 1. The quantitative estimate of drug-likeness (QED) is 0.781. The summed E-state index contributed by atoms with van der Waals surface area (Å²) >= 11 is 0.